The summed E-state index contributed by atoms with van der Waals surface area (Å²) in [6, 6.07) is 0. The molecular formula is C4H9KMnN2S4Zn. The van der Waals surface area contributed by atoms with Crippen molar-refractivity contribution in [3.63, 3.8) is 0 Å². The zero-order valence-electron chi connectivity index (χ0n) is 8.21. The third-order valence-electron chi connectivity index (χ3n) is 0.677. The van der Waals surface area contributed by atoms with Crippen molar-refractivity contribution < 1.29 is 89.4 Å². The molecule has 0 aliphatic rings. The van der Waals surface area contributed by atoms with Crippen molar-refractivity contribution in [2.45, 2.75) is 0 Å². The molecule has 0 unspecified atom stereocenters. The Balaban J connectivity index is -0.0000000675. The molecule has 0 amide bonds. The van der Waals surface area contributed by atoms with Gasteiger partial charge in [0.05, 0.1) is 0 Å². The fourth-order valence-electron chi connectivity index (χ4n) is 0.339. The van der Waals surface area contributed by atoms with Crippen LogP contribution in [0.1, 0.15) is 1.43 Å². The van der Waals surface area contributed by atoms with E-state index in [1.807, 2.05) is 0 Å². The maximum Gasteiger partial charge on any atom is 1.00 e. The normalized spacial score (nSPS) is 6.62. The molecular weight excluding hydrogens is 364 g/mol. The number of rotatable bonds is 3. The Kier molecular flexibility index (Phi) is 34.2. The second kappa shape index (κ2) is 17.6. The van der Waals surface area contributed by atoms with Crippen LogP contribution in [0.5, 0.6) is 0 Å². The molecule has 0 rings (SSSR count). The van der Waals surface area contributed by atoms with Gasteiger partial charge < -0.3 is 12.1 Å². The van der Waals surface area contributed by atoms with E-state index in [0.717, 1.165) is 0 Å². The largest absolute Gasteiger partial charge is 1.00 e. The summed E-state index contributed by atoms with van der Waals surface area (Å²) in [7, 11) is 0. The molecule has 0 spiro atoms. The van der Waals surface area contributed by atoms with Gasteiger partial charge in [0.2, 0.25) is 0 Å². The van der Waals surface area contributed by atoms with Gasteiger partial charge in [-0.2, -0.15) is 0 Å². The van der Waals surface area contributed by atoms with Gasteiger partial charge in [-0.05, 0) is 0 Å². The standard InChI is InChI=1S/C4H8N2S4.K.Mn.Zn.H/c7-3(8)5-1-2-6-4(9)10;;;;/h1-2H2,(H2,5,7,8)(H2,6,9,10);;;;/q;+1;;;-1. The van der Waals surface area contributed by atoms with E-state index in [4.69, 9.17) is 0 Å². The van der Waals surface area contributed by atoms with E-state index in [0.29, 0.717) is 21.7 Å². The summed E-state index contributed by atoms with van der Waals surface area (Å²) in [5, 5.41) is 5.68. The molecule has 1 radical (unpaired) electrons. The minimum atomic E-state index is 0. The molecule has 0 saturated carbocycles. The molecule has 2 nitrogen and oxygen atoms in total. The van der Waals surface area contributed by atoms with Crippen molar-refractivity contribution >= 4 is 58.3 Å². The average molecular weight is 373 g/mol. The van der Waals surface area contributed by atoms with Crippen LogP contribution in [0.15, 0.2) is 0 Å². The molecule has 0 aliphatic carbocycles. The van der Waals surface area contributed by atoms with Gasteiger partial charge in [-0.1, -0.05) is 24.4 Å². The Bertz CT molecular complexity index is 139. The fraction of sp³-hybridized carbons (Fsp3) is 0.500. The monoisotopic (exact) mass is 371 g/mol. The maximum atomic E-state index is 4.65. The molecule has 0 atom stereocenters. The van der Waals surface area contributed by atoms with Crippen LogP contribution in [0.4, 0.5) is 0 Å². The third kappa shape index (κ3) is 25.5. The van der Waals surface area contributed by atoms with Crippen LogP contribution in [-0.4, -0.2) is 21.7 Å². The van der Waals surface area contributed by atoms with Crippen LogP contribution in [0.2, 0.25) is 0 Å². The molecule has 0 fully saturated rings. The summed E-state index contributed by atoms with van der Waals surface area (Å²) in [6.07, 6.45) is 0. The second-order valence-electron chi connectivity index (χ2n) is 1.46. The Morgan fingerprint density at radius 3 is 1.46 bits per heavy atom. The fourth-order valence-corrected chi connectivity index (χ4v) is 0.767. The van der Waals surface area contributed by atoms with Gasteiger partial charge in [0, 0.05) is 49.6 Å². The van der Waals surface area contributed by atoms with Crippen molar-refractivity contribution in [2.24, 2.45) is 0 Å². The number of thiol groups is 2. The first-order valence-corrected chi connectivity index (χ1v) is 4.27. The van der Waals surface area contributed by atoms with Crippen LogP contribution in [-0.2, 0) is 36.5 Å². The van der Waals surface area contributed by atoms with Gasteiger partial charge >= 0.3 is 51.4 Å². The number of nitrogens with one attached hydrogen (secondary N) is 2. The predicted molar refractivity (Wildman–Crippen MR) is 60.3 cm³/mol. The van der Waals surface area contributed by atoms with Crippen molar-refractivity contribution in [3.8, 4) is 0 Å². The van der Waals surface area contributed by atoms with E-state index in [1.54, 1.807) is 0 Å². The first-order chi connectivity index (χ1) is 4.63. The van der Waals surface area contributed by atoms with Crippen LogP contribution < -0.4 is 62.0 Å². The summed E-state index contributed by atoms with van der Waals surface area (Å²) in [5.74, 6) is 0. The Morgan fingerprint density at radius 1 is 1.08 bits per heavy atom. The molecule has 9 heteroatoms. The Morgan fingerprint density at radius 2 is 1.31 bits per heavy atom. The van der Waals surface area contributed by atoms with E-state index >= 15 is 0 Å². The molecule has 69 valence electrons. The quantitative estimate of drug-likeness (QED) is 0.194. The van der Waals surface area contributed by atoms with E-state index in [-0.39, 0.29) is 89.4 Å². The van der Waals surface area contributed by atoms with E-state index in [1.165, 1.54) is 0 Å². The van der Waals surface area contributed by atoms with Gasteiger partial charge in [-0.25, -0.2) is 0 Å². The van der Waals surface area contributed by atoms with E-state index < -0.39 is 0 Å². The predicted octanol–water partition coefficient (Wildman–Crippen LogP) is -2.29. The first-order valence-electron chi connectivity index (χ1n) is 2.56. The summed E-state index contributed by atoms with van der Waals surface area (Å²) in [6.45, 7) is 1.42. The van der Waals surface area contributed by atoms with Gasteiger partial charge in [-0.15, -0.1) is 25.3 Å². The molecule has 0 bridgehead atoms. The van der Waals surface area contributed by atoms with E-state index in [9.17, 15) is 0 Å². The topological polar surface area (TPSA) is 24.1 Å². The molecule has 0 aliphatic heterocycles. The number of thiocarbonyl (C=S) groups is 2. The van der Waals surface area contributed by atoms with Gasteiger partial charge in [0.15, 0.2) is 0 Å². The Labute approximate surface area is 168 Å². The zero-order valence-corrected chi connectivity index (χ0v) is 17.9. The molecule has 0 saturated heterocycles. The minimum Gasteiger partial charge on any atom is -1.00 e. The van der Waals surface area contributed by atoms with E-state index in [2.05, 4.69) is 60.3 Å². The molecule has 0 heterocycles. The van der Waals surface area contributed by atoms with Crippen molar-refractivity contribution in [1.29, 1.82) is 0 Å². The Hall–Kier alpha value is 3.26. The summed E-state index contributed by atoms with van der Waals surface area (Å²) >= 11 is 17.0. The summed E-state index contributed by atoms with van der Waals surface area (Å²) in [4.78, 5) is 0. The molecule has 0 aromatic carbocycles. The summed E-state index contributed by atoms with van der Waals surface area (Å²) < 4.78 is 0.985. The second-order valence-corrected chi connectivity index (χ2v) is 3.78. The van der Waals surface area contributed by atoms with Crippen molar-refractivity contribution in [3.05, 3.63) is 0 Å². The SMILES string of the molecule is S=C(S)NCCNC(=S)S.[H-].[K+].[Mn].[Zn]. The van der Waals surface area contributed by atoms with Gasteiger partial charge in [0.1, 0.15) is 8.64 Å². The maximum absolute atomic E-state index is 4.65. The van der Waals surface area contributed by atoms with Crippen LogP contribution in [0.3, 0.4) is 0 Å². The molecule has 2 N–H and O–H groups in total. The number of hydrogen-bond donors (Lipinski definition) is 4. The van der Waals surface area contributed by atoms with Gasteiger partial charge in [0.25, 0.3) is 0 Å². The average Bonchev–Trinajstić information content (AvgIpc) is 1.79. The third-order valence-corrected chi connectivity index (χ3v) is 1.28. The van der Waals surface area contributed by atoms with Gasteiger partial charge in [-0.3, -0.25) is 0 Å². The summed E-state index contributed by atoms with van der Waals surface area (Å²) in [5.41, 5.74) is 0. The molecule has 13 heavy (non-hydrogen) atoms. The van der Waals surface area contributed by atoms with Crippen molar-refractivity contribution in [2.75, 3.05) is 13.1 Å². The molecule has 0 aromatic heterocycles. The van der Waals surface area contributed by atoms with Crippen LogP contribution in [0, 0.1) is 0 Å². The minimum absolute atomic E-state index is 0. The first kappa shape index (κ1) is 25.2. The van der Waals surface area contributed by atoms with Crippen LogP contribution in [0.25, 0.3) is 0 Å². The zero-order chi connectivity index (χ0) is 7.98. The van der Waals surface area contributed by atoms with Crippen molar-refractivity contribution in [1.82, 2.24) is 10.6 Å². The molecule has 0 aromatic rings. The smallest absolute Gasteiger partial charge is 1.00 e. The number of hydrogen-bond acceptors (Lipinski definition) is 2. The van der Waals surface area contributed by atoms with Crippen LogP contribution >= 0.6 is 49.7 Å².